The first-order valence-corrected chi connectivity index (χ1v) is 6.02. The molecule has 0 aliphatic carbocycles. The van der Waals surface area contributed by atoms with E-state index in [0.717, 1.165) is 13.1 Å². The van der Waals surface area contributed by atoms with Gasteiger partial charge in [-0.1, -0.05) is 12.1 Å². The number of rotatable bonds is 5. The summed E-state index contributed by atoms with van der Waals surface area (Å²) in [6.45, 7) is 3.04. The topological polar surface area (TPSA) is 39.7 Å². The number of benzene rings is 1. The largest absolute Gasteiger partial charge is 0.494 e. The van der Waals surface area contributed by atoms with Gasteiger partial charge in [-0.3, -0.25) is 0 Å². The highest BCUT2D eigenvalue weighted by atomic mass is 19.1. The zero-order valence-electron chi connectivity index (χ0n) is 10.4. The van der Waals surface area contributed by atoms with Gasteiger partial charge in [0.05, 0.1) is 33.0 Å². The fourth-order valence-electron chi connectivity index (χ4n) is 1.85. The van der Waals surface area contributed by atoms with Crippen molar-refractivity contribution in [2.45, 2.75) is 12.7 Å². The zero-order chi connectivity index (χ0) is 12.8. The highest BCUT2D eigenvalue weighted by Crippen LogP contribution is 2.20. The van der Waals surface area contributed by atoms with Crippen LogP contribution in [0.1, 0.15) is 5.56 Å². The summed E-state index contributed by atoms with van der Waals surface area (Å²) in [5, 5.41) is 3.21. The molecule has 1 unspecified atom stereocenters. The van der Waals surface area contributed by atoms with Crippen LogP contribution in [0.4, 0.5) is 4.39 Å². The molecule has 1 atom stereocenters. The molecule has 0 aromatic heterocycles. The van der Waals surface area contributed by atoms with E-state index in [9.17, 15) is 4.39 Å². The minimum absolute atomic E-state index is 0.0485. The predicted molar refractivity (Wildman–Crippen MR) is 65.2 cm³/mol. The van der Waals surface area contributed by atoms with Crippen molar-refractivity contribution >= 4 is 0 Å². The van der Waals surface area contributed by atoms with Crippen molar-refractivity contribution in [1.29, 1.82) is 0 Å². The van der Waals surface area contributed by atoms with E-state index in [1.54, 1.807) is 18.2 Å². The van der Waals surface area contributed by atoms with Gasteiger partial charge in [0, 0.05) is 18.7 Å². The third-order valence-corrected chi connectivity index (χ3v) is 2.83. The third kappa shape index (κ3) is 3.41. The van der Waals surface area contributed by atoms with Crippen LogP contribution in [0.5, 0.6) is 5.75 Å². The molecule has 1 heterocycles. The van der Waals surface area contributed by atoms with Crippen molar-refractivity contribution in [3.05, 3.63) is 29.6 Å². The van der Waals surface area contributed by atoms with Crippen LogP contribution < -0.4 is 10.1 Å². The Hall–Kier alpha value is -1.17. The second-order valence-corrected chi connectivity index (χ2v) is 4.15. The lowest BCUT2D eigenvalue weighted by Gasteiger charge is -2.23. The zero-order valence-corrected chi connectivity index (χ0v) is 10.4. The standard InChI is InChI=1S/C13H18FNO3/c1-16-12-4-2-3-10(13(12)14)8-17-9-11-7-15-5-6-18-11/h2-4,11,15H,5-9H2,1H3. The minimum atomic E-state index is -0.359. The monoisotopic (exact) mass is 255 g/mol. The molecular weight excluding hydrogens is 237 g/mol. The second kappa shape index (κ2) is 6.68. The molecule has 0 amide bonds. The van der Waals surface area contributed by atoms with E-state index >= 15 is 0 Å². The number of hydrogen-bond acceptors (Lipinski definition) is 4. The minimum Gasteiger partial charge on any atom is -0.494 e. The second-order valence-electron chi connectivity index (χ2n) is 4.15. The molecule has 1 aromatic rings. The summed E-state index contributed by atoms with van der Waals surface area (Å²) in [7, 11) is 1.45. The molecule has 2 rings (SSSR count). The van der Waals surface area contributed by atoms with Gasteiger partial charge < -0.3 is 19.5 Å². The normalized spacial score (nSPS) is 19.8. The van der Waals surface area contributed by atoms with Crippen LogP contribution in [0, 0.1) is 5.82 Å². The first-order chi connectivity index (χ1) is 8.81. The molecule has 1 aliphatic heterocycles. The Bertz CT molecular complexity index is 380. The lowest BCUT2D eigenvalue weighted by molar-refractivity contribution is -0.0362. The van der Waals surface area contributed by atoms with Gasteiger partial charge in [0.2, 0.25) is 0 Å². The summed E-state index contributed by atoms with van der Waals surface area (Å²) in [5.74, 6) is -0.116. The third-order valence-electron chi connectivity index (χ3n) is 2.83. The van der Waals surface area contributed by atoms with Crippen LogP contribution in [0.3, 0.4) is 0 Å². The molecule has 1 aliphatic rings. The van der Waals surface area contributed by atoms with Crippen molar-refractivity contribution < 1.29 is 18.6 Å². The number of morpholine rings is 1. The van der Waals surface area contributed by atoms with Gasteiger partial charge >= 0.3 is 0 Å². The molecule has 18 heavy (non-hydrogen) atoms. The van der Waals surface area contributed by atoms with Gasteiger partial charge in [0.1, 0.15) is 0 Å². The van der Waals surface area contributed by atoms with Crippen molar-refractivity contribution in [1.82, 2.24) is 5.32 Å². The fourth-order valence-corrected chi connectivity index (χ4v) is 1.85. The van der Waals surface area contributed by atoms with Gasteiger partial charge in [-0.15, -0.1) is 0 Å². The van der Waals surface area contributed by atoms with Crippen molar-refractivity contribution in [2.24, 2.45) is 0 Å². The van der Waals surface area contributed by atoms with Gasteiger partial charge in [0.25, 0.3) is 0 Å². The number of ether oxygens (including phenoxy) is 3. The molecule has 1 N–H and O–H groups in total. The summed E-state index contributed by atoms with van der Waals surface area (Å²) >= 11 is 0. The maximum absolute atomic E-state index is 13.8. The molecule has 1 saturated heterocycles. The van der Waals surface area contributed by atoms with Crippen LogP contribution in [-0.4, -0.2) is 39.5 Å². The number of nitrogens with one attached hydrogen (secondary N) is 1. The molecule has 0 radical (unpaired) electrons. The van der Waals surface area contributed by atoms with Crippen LogP contribution in [0.15, 0.2) is 18.2 Å². The lowest BCUT2D eigenvalue weighted by Crippen LogP contribution is -2.40. The van der Waals surface area contributed by atoms with Gasteiger partial charge in [-0.2, -0.15) is 0 Å². The highest BCUT2D eigenvalue weighted by molar-refractivity contribution is 5.30. The lowest BCUT2D eigenvalue weighted by atomic mass is 10.2. The summed E-state index contributed by atoms with van der Waals surface area (Å²) in [4.78, 5) is 0. The maximum Gasteiger partial charge on any atom is 0.170 e. The van der Waals surface area contributed by atoms with E-state index in [1.807, 2.05) is 0 Å². The Morgan fingerprint density at radius 2 is 2.39 bits per heavy atom. The molecule has 4 nitrogen and oxygen atoms in total. The van der Waals surface area contributed by atoms with Crippen LogP contribution in [0.25, 0.3) is 0 Å². The number of halogens is 1. The molecule has 0 bridgehead atoms. The average molecular weight is 255 g/mol. The Labute approximate surface area is 106 Å². The summed E-state index contributed by atoms with van der Waals surface area (Å²) in [6.07, 6.45) is 0.0485. The average Bonchev–Trinajstić information content (AvgIpc) is 2.42. The summed E-state index contributed by atoms with van der Waals surface area (Å²) in [5.41, 5.74) is 0.498. The Morgan fingerprint density at radius 1 is 1.50 bits per heavy atom. The van der Waals surface area contributed by atoms with Crippen LogP contribution in [-0.2, 0) is 16.1 Å². The maximum atomic E-state index is 13.8. The summed E-state index contributed by atoms with van der Waals surface area (Å²) < 4.78 is 29.7. The van der Waals surface area contributed by atoms with E-state index in [0.29, 0.717) is 18.8 Å². The quantitative estimate of drug-likeness (QED) is 0.862. The highest BCUT2D eigenvalue weighted by Gasteiger charge is 2.14. The van der Waals surface area contributed by atoms with E-state index in [1.165, 1.54) is 7.11 Å². The van der Waals surface area contributed by atoms with E-state index in [4.69, 9.17) is 14.2 Å². The van der Waals surface area contributed by atoms with Gasteiger partial charge in [0.15, 0.2) is 11.6 Å². The van der Waals surface area contributed by atoms with Crippen LogP contribution >= 0.6 is 0 Å². The number of methoxy groups -OCH3 is 1. The Balaban J connectivity index is 1.82. The number of hydrogen-bond donors (Lipinski definition) is 1. The molecular formula is C13H18FNO3. The van der Waals surface area contributed by atoms with Crippen molar-refractivity contribution in [3.63, 3.8) is 0 Å². The SMILES string of the molecule is COc1cccc(COCC2CNCCO2)c1F. The smallest absolute Gasteiger partial charge is 0.170 e. The van der Waals surface area contributed by atoms with Crippen molar-refractivity contribution in [3.8, 4) is 5.75 Å². The van der Waals surface area contributed by atoms with E-state index in [2.05, 4.69) is 5.32 Å². The fraction of sp³-hybridized carbons (Fsp3) is 0.538. The van der Waals surface area contributed by atoms with E-state index < -0.39 is 0 Å². The van der Waals surface area contributed by atoms with Gasteiger partial charge in [-0.25, -0.2) is 4.39 Å². The van der Waals surface area contributed by atoms with Crippen LogP contribution in [0.2, 0.25) is 0 Å². The molecule has 100 valence electrons. The molecule has 0 saturated carbocycles. The molecule has 1 aromatic carbocycles. The Morgan fingerprint density at radius 3 is 3.11 bits per heavy atom. The van der Waals surface area contributed by atoms with Gasteiger partial charge in [-0.05, 0) is 6.07 Å². The summed E-state index contributed by atoms with van der Waals surface area (Å²) in [6, 6.07) is 5.03. The van der Waals surface area contributed by atoms with E-state index in [-0.39, 0.29) is 24.3 Å². The molecule has 1 fully saturated rings. The predicted octanol–water partition coefficient (Wildman–Crippen LogP) is 1.34. The molecule has 5 heteroatoms. The molecule has 0 spiro atoms. The van der Waals surface area contributed by atoms with Crippen molar-refractivity contribution in [2.75, 3.05) is 33.4 Å². The first kappa shape index (κ1) is 13.3. The Kier molecular flexibility index (Phi) is 4.92. The first-order valence-electron chi connectivity index (χ1n) is 6.02.